The first-order valence-corrected chi connectivity index (χ1v) is 9.57. The van der Waals surface area contributed by atoms with Gasteiger partial charge in [-0.2, -0.15) is 0 Å². The number of benzene rings is 1. The van der Waals surface area contributed by atoms with Crippen LogP contribution in [0.1, 0.15) is 38.2 Å². The zero-order valence-electron chi connectivity index (χ0n) is 15.5. The first kappa shape index (κ1) is 18.1. The molecule has 2 unspecified atom stereocenters. The van der Waals surface area contributed by atoms with Crippen molar-refractivity contribution in [3.63, 3.8) is 0 Å². The number of rotatable bonds is 4. The van der Waals surface area contributed by atoms with E-state index < -0.39 is 0 Å². The van der Waals surface area contributed by atoms with Gasteiger partial charge in [-0.15, -0.1) is 0 Å². The van der Waals surface area contributed by atoms with Crippen molar-refractivity contribution in [3.8, 4) is 0 Å². The van der Waals surface area contributed by atoms with E-state index >= 15 is 0 Å². The van der Waals surface area contributed by atoms with Gasteiger partial charge in [-0.3, -0.25) is 0 Å². The number of nitrogens with one attached hydrogen (secondary N) is 1. The van der Waals surface area contributed by atoms with Gasteiger partial charge in [0.25, 0.3) is 0 Å². The van der Waals surface area contributed by atoms with Crippen LogP contribution >= 0.6 is 0 Å². The Morgan fingerprint density at radius 1 is 1.20 bits per heavy atom. The summed E-state index contributed by atoms with van der Waals surface area (Å²) in [7, 11) is 1.87. The highest BCUT2D eigenvalue weighted by Crippen LogP contribution is 2.24. The lowest BCUT2D eigenvalue weighted by atomic mass is 9.86. The van der Waals surface area contributed by atoms with Crippen LogP contribution in [-0.4, -0.2) is 50.3 Å². The molecule has 5 heteroatoms. The standard InChI is InChI=1S/C20H31N3O2/c1-16-5-3-4-6-19(16)21-20(24)22(2)15-17-7-9-18(10-8-17)23-11-13-25-14-12-23/h7-10,16,19H,3-6,11-15H2,1-2H3,(H,21,24). The quantitative estimate of drug-likeness (QED) is 0.911. The molecule has 2 fully saturated rings. The molecule has 1 aromatic rings. The highest BCUT2D eigenvalue weighted by atomic mass is 16.5. The van der Waals surface area contributed by atoms with Gasteiger partial charge in [0.1, 0.15) is 0 Å². The second-order valence-electron chi connectivity index (χ2n) is 7.44. The summed E-state index contributed by atoms with van der Waals surface area (Å²) >= 11 is 0. The van der Waals surface area contributed by atoms with Crippen molar-refractivity contribution in [1.29, 1.82) is 0 Å². The van der Waals surface area contributed by atoms with E-state index in [1.807, 2.05) is 7.05 Å². The van der Waals surface area contributed by atoms with Crippen LogP contribution in [0.4, 0.5) is 10.5 Å². The van der Waals surface area contributed by atoms with Crippen molar-refractivity contribution in [1.82, 2.24) is 10.2 Å². The minimum absolute atomic E-state index is 0.0380. The number of amides is 2. The van der Waals surface area contributed by atoms with Gasteiger partial charge in [-0.1, -0.05) is 31.9 Å². The summed E-state index contributed by atoms with van der Waals surface area (Å²) in [5.74, 6) is 0.582. The normalized spacial score (nSPS) is 24.0. The van der Waals surface area contributed by atoms with Crippen LogP contribution in [0, 0.1) is 5.92 Å². The summed E-state index contributed by atoms with van der Waals surface area (Å²) in [5, 5.41) is 3.22. The Kier molecular flexibility index (Phi) is 6.19. The zero-order valence-corrected chi connectivity index (χ0v) is 15.5. The molecule has 1 heterocycles. The summed E-state index contributed by atoms with van der Waals surface area (Å²) in [6.45, 7) is 6.36. The number of carbonyl (C=O) groups excluding carboxylic acids is 1. The first-order chi connectivity index (χ1) is 12.1. The maximum Gasteiger partial charge on any atom is 0.317 e. The zero-order chi connectivity index (χ0) is 17.6. The van der Waals surface area contributed by atoms with Crippen molar-refractivity contribution in [2.75, 3.05) is 38.3 Å². The number of nitrogens with zero attached hydrogens (tertiary/aromatic N) is 2. The van der Waals surface area contributed by atoms with Crippen LogP contribution in [-0.2, 0) is 11.3 Å². The number of ether oxygens (including phenoxy) is 1. The number of anilines is 1. The van der Waals surface area contributed by atoms with E-state index in [0.29, 0.717) is 18.5 Å². The number of urea groups is 1. The molecule has 3 rings (SSSR count). The van der Waals surface area contributed by atoms with E-state index in [1.54, 1.807) is 4.90 Å². The molecule has 1 saturated carbocycles. The van der Waals surface area contributed by atoms with Crippen LogP contribution in [0.2, 0.25) is 0 Å². The van der Waals surface area contributed by atoms with Crippen LogP contribution < -0.4 is 10.2 Å². The molecule has 0 aromatic heterocycles. The fourth-order valence-corrected chi connectivity index (χ4v) is 3.78. The minimum atomic E-state index is 0.0380. The SMILES string of the molecule is CC1CCCCC1NC(=O)N(C)Cc1ccc(N2CCOCC2)cc1. The van der Waals surface area contributed by atoms with E-state index in [4.69, 9.17) is 4.74 Å². The van der Waals surface area contributed by atoms with Gasteiger partial charge >= 0.3 is 6.03 Å². The Morgan fingerprint density at radius 2 is 1.88 bits per heavy atom. The van der Waals surface area contributed by atoms with Gasteiger partial charge in [-0.05, 0) is 36.5 Å². The van der Waals surface area contributed by atoms with Gasteiger partial charge in [0, 0.05) is 38.4 Å². The molecule has 0 bridgehead atoms. The Balaban J connectivity index is 1.51. The van der Waals surface area contributed by atoms with Gasteiger partial charge in [0.05, 0.1) is 13.2 Å². The first-order valence-electron chi connectivity index (χ1n) is 9.57. The lowest BCUT2D eigenvalue weighted by Gasteiger charge is -2.31. The van der Waals surface area contributed by atoms with Crippen molar-refractivity contribution >= 4 is 11.7 Å². The molecule has 0 spiro atoms. The van der Waals surface area contributed by atoms with Crippen molar-refractivity contribution in [2.24, 2.45) is 5.92 Å². The molecule has 2 amide bonds. The number of carbonyl (C=O) groups is 1. The predicted octanol–water partition coefficient (Wildman–Crippen LogP) is 3.24. The average molecular weight is 345 g/mol. The Bertz CT molecular complexity index is 555. The Hall–Kier alpha value is -1.75. The lowest BCUT2D eigenvalue weighted by molar-refractivity contribution is 0.122. The monoisotopic (exact) mass is 345 g/mol. The molecule has 1 N–H and O–H groups in total. The van der Waals surface area contributed by atoms with E-state index in [9.17, 15) is 4.79 Å². The Labute approximate surface area is 151 Å². The highest BCUT2D eigenvalue weighted by molar-refractivity contribution is 5.74. The molecule has 2 atom stereocenters. The molecule has 25 heavy (non-hydrogen) atoms. The lowest BCUT2D eigenvalue weighted by Crippen LogP contribution is -2.46. The molecule has 138 valence electrons. The van der Waals surface area contributed by atoms with Gasteiger partial charge in [-0.25, -0.2) is 4.79 Å². The van der Waals surface area contributed by atoms with Crippen LogP contribution in [0.5, 0.6) is 0 Å². The average Bonchev–Trinajstić information content (AvgIpc) is 2.65. The van der Waals surface area contributed by atoms with Crippen LogP contribution in [0.3, 0.4) is 0 Å². The summed E-state index contributed by atoms with van der Waals surface area (Å²) in [5.41, 5.74) is 2.39. The molecule has 1 aliphatic heterocycles. The van der Waals surface area contributed by atoms with Gasteiger partial charge in [0.2, 0.25) is 0 Å². The van der Waals surface area contributed by atoms with Crippen LogP contribution in [0.25, 0.3) is 0 Å². The van der Waals surface area contributed by atoms with Crippen molar-refractivity contribution in [2.45, 2.75) is 45.2 Å². The van der Waals surface area contributed by atoms with Gasteiger partial charge in [0.15, 0.2) is 0 Å². The number of hydrogen-bond acceptors (Lipinski definition) is 3. The molecule has 1 saturated heterocycles. The maximum absolute atomic E-state index is 12.5. The Morgan fingerprint density at radius 3 is 2.56 bits per heavy atom. The summed E-state index contributed by atoms with van der Waals surface area (Å²) < 4.78 is 5.40. The van der Waals surface area contributed by atoms with Crippen molar-refractivity contribution in [3.05, 3.63) is 29.8 Å². The van der Waals surface area contributed by atoms with E-state index in [2.05, 4.69) is 41.4 Å². The number of hydrogen-bond donors (Lipinski definition) is 1. The predicted molar refractivity (Wildman–Crippen MR) is 101 cm³/mol. The van der Waals surface area contributed by atoms with E-state index in [0.717, 1.165) is 38.3 Å². The molecule has 1 aromatic carbocycles. The second kappa shape index (κ2) is 8.56. The summed E-state index contributed by atoms with van der Waals surface area (Å²) in [4.78, 5) is 16.6. The topological polar surface area (TPSA) is 44.8 Å². The number of morpholine rings is 1. The van der Waals surface area contributed by atoms with Crippen LogP contribution in [0.15, 0.2) is 24.3 Å². The fourth-order valence-electron chi connectivity index (χ4n) is 3.78. The van der Waals surface area contributed by atoms with Gasteiger partial charge < -0.3 is 19.9 Å². The maximum atomic E-state index is 12.5. The minimum Gasteiger partial charge on any atom is -0.378 e. The second-order valence-corrected chi connectivity index (χ2v) is 7.44. The smallest absolute Gasteiger partial charge is 0.317 e. The summed E-state index contributed by atoms with van der Waals surface area (Å²) in [6, 6.07) is 8.91. The molecule has 5 nitrogen and oxygen atoms in total. The van der Waals surface area contributed by atoms with E-state index in [-0.39, 0.29) is 6.03 Å². The van der Waals surface area contributed by atoms with Crippen molar-refractivity contribution < 1.29 is 9.53 Å². The molecule has 1 aliphatic carbocycles. The molecule has 0 radical (unpaired) electrons. The third-order valence-corrected chi connectivity index (χ3v) is 5.50. The summed E-state index contributed by atoms with van der Waals surface area (Å²) in [6.07, 6.45) is 4.84. The third-order valence-electron chi connectivity index (χ3n) is 5.50. The van der Waals surface area contributed by atoms with E-state index in [1.165, 1.54) is 24.9 Å². The fraction of sp³-hybridized carbons (Fsp3) is 0.650. The third kappa shape index (κ3) is 4.88. The molecular formula is C20H31N3O2. The highest BCUT2D eigenvalue weighted by Gasteiger charge is 2.24. The molecular weight excluding hydrogens is 314 g/mol. The molecule has 2 aliphatic rings. The largest absolute Gasteiger partial charge is 0.378 e.